The Morgan fingerprint density at radius 3 is 2.61 bits per heavy atom. The first-order chi connectivity index (χ1) is 13.5. The standard InChI is InChI=1S/C21H26N2O4S/c1-4-23-11-10-16-17(13-23)28-20(19(16)21(25)26-3)22-18(24)12-14-6-8-15(9-7-14)27-5-2/h6-9H,4-5,10-13H2,1-3H3,(H,22,24)/p+1. The maximum absolute atomic E-state index is 12.6. The zero-order chi connectivity index (χ0) is 20.1. The maximum Gasteiger partial charge on any atom is 0.341 e. The van der Waals surface area contributed by atoms with Gasteiger partial charge in [0.1, 0.15) is 17.3 Å². The van der Waals surface area contributed by atoms with Gasteiger partial charge in [-0.25, -0.2) is 4.79 Å². The first kappa shape index (κ1) is 20.4. The van der Waals surface area contributed by atoms with Gasteiger partial charge in [0.2, 0.25) is 5.91 Å². The Hall–Kier alpha value is -2.38. The number of benzene rings is 1. The van der Waals surface area contributed by atoms with Gasteiger partial charge in [0, 0.05) is 6.42 Å². The number of hydrogen-bond acceptors (Lipinski definition) is 5. The molecule has 0 radical (unpaired) electrons. The number of anilines is 1. The minimum absolute atomic E-state index is 0.146. The summed E-state index contributed by atoms with van der Waals surface area (Å²) >= 11 is 1.50. The molecule has 0 saturated heterocycles. The van der Waals surface area contributed by atoms with Crippen LogP contribution in [0.5, 0.6) is 5.75 Å². The molecule has 2 N–H and O–H groups in total. The average molecular weight is 404 g/mol. The van der Waals surface area contributed by atoms with E-state index in [-0.39, 0.29) is 18.3 Å². The highest BCUT2D eigenvalue weighted by atomic mass is 32.1. The van der Waals surface area contributed by atoms with Crippen LogP contribution in [0.25, 0.3) is 0 Å². The second-order valence-electron chi connectivity index (χ2n) is 6.78. The van der Waals surface area contributed by atoms with Crippen LogP contribution in [0.15, 0.2) is 24.3 Å². The molecular weight excluding hydrogens is 376 g/mol. The van der Waals surface area contributed by atoms with Gasteiger partial charge in [-0.05, 0) is 37.1 Å². The highest BCUT2D eigenvalue weighted by molar-refractivity contribution is 7.17. The van der Waals surface area contributed by atoms with Crippen molar-refractivity contribution in [2.24, 2.45) is 0 Å². The number of carbonyl (C=O) groups excluding carboxylic acids is 2. The van der Waals surface area contributed by atoms with Crippen molar-refractivity contribution in [2.75, 3.05) is 32.1 Å². The van der Waals surface area contributed by atoms with Crippen LogP contribution in [-0.4, -0.2) is 38.7 Å². The van der Waals surface area contributed by atoms with Crippen molar-refractivity contribution in [2.45, 2.75) is 33.2 Å². The van der Waals surface area contributed by atoms with Crippen molar-refractivity contribution in [3.63, 3.8) is 0 Å². The van der Waals surface area contributed by atoms with Gasteiger partial charge in [-0.1, -0.05) is 12.1 Å². The third kappa shape index (κ3) is 4.54. The van der Waals surface area contributed by atoms with Gasteiger partial charge in [0.25, 0.3) is 0 Å². The summed E-state index contributed by atoms with van der Waals surface area (Å²) in [4.78, 5) is 27.6. The summed E-state index contributed by atoms with van der Waals surface area (Å²) in [5.74, 6) is 0.259. The van der Waals surface area contributed by atoms with Crippen LogP contribution in [0, 0.1) is 0 Å². The lowest BCUT2D eigenvalue weighted by Gasteiger charge is -2.22. The lowest BCUT2D eigenvalue weighted by Crippen LogP contribution is -3.11. The van der Waals surface area contributed by atoms with Gasteiger partial charge < -0.3 is 19.7 Å². The SMILES string of the molecule is CCOc1ccc(CC(=O)Nc2sc3c(c2C(=O)OC)CC[NH+](CC)C3)cc1. The number of rotatable bonds is 7. The number of thiophene rings is 1. The summed E-state index contributed by atoms with van der Waals surface area (Å²) < 4.78 is 10.4. The molecule has 0 fully saturated rings. The monoisotopic (exact) mass is 403 g/mol. The number of amides is 1. The van der Waals surface area contributed by atoms with Crippen LogP contribution in [0.4, 0.5) is 5.00 Å². The number of carbonyl (C=O) groups is 2. The summed E-state index contributed by atoms with van der Waals surface area (Å²) in [6, 6.07) is 7.48. The molecule has 0 saturated carbocycles. The second kappa shape index (κ2) is 9.21. The number of nitrogens with one attached hydrogen (secondary N) is 2. The van der Waals surface area contributed by atoms with E-state index in [2.05, 4.69) is 12.2 Å². The molecule has 2 heterocycles. The molecule has 7 heteroatoms. The number of ether oxygens (including phenoxy) is 2. The van der Waals surface area contributed by atoms with E-state index in [4.69, 9.17) is 9.47 Å². The number of methoxy groups -OCH3 is 1. The molecule has 1 aliphatic rings. The van der Waals surface area contributed by atoms with E-state index in [9.17, 15) is 9.59 Å². The fourth-order valence-corrected chi connectivity index (χ4v) is 4.79. The third-order valence-corrected chi connectivity index (χ3v) is 6.12. The summed E-state index contributed by atoms with van der Waals surface area (Å²) in [7, 11) is 1.38. The van der Waals surface area contributed by atoms with Crippen molar-refractivity contribution in [3.8, 4) is 5.75 Å². The predicted octanol–water partition coefficient (Wildman–Crippen LogP) is 2.08. The van der Waals surface area contributed by atoms with E-state index in [1.54, 1.807) is 0 Å². The second-order valence-corrected chi connectivity index (χ2v) is 7.89. The van der Waals surface area contributed by atoms with Gasteiger partial charge >= 0.3 is 5.97 Å². The normalized spacial score (nSPS) is 15.6. The number of hydrogen-bond donors (Lipinski definition) is 2. The smallest absolute Gasteiger partial charge is 0.341 e. The minimum Gasteiger partial charge on any atom is -0.494 e. The predicted molar refractivity (Wildman–Crippen MR) is 109 cm³/mol. The van der Waals surface area contributed by atoms with Crippen LogP contribution >= 0.6 is 11.3 Å². The number of fused-ring (bicyclic) bond motifs is 1. The third-order valence-electron chi connectivity index (χ3n) is 4.97. The maximum atomic E-state index is 12.6. The summed E-state index contributed by atoms with van der Waals surface area (Å²) in [6.45, 7) is 7.62. The molecular formula is C21H27N2O4S+. The molecule has 0 spiro atoms. The van der Waals surface area contributed by atoms with Crippen molar-refractivity contribution in [3.05, 3.63) is 45.8 Å². The Morgan fingerprint density at radius 2 is 1.96 bits per heavy atom. The van der Waals surface area contributed by atoms with Crippen molar-refractivity contribution in [1.29, 1.82) is 0 Å². The molecule has 28 heavy (non-hydrogen) atoms. The molecule has 1 unspecified atom stereocenters. The number of likely N-dealkylation sites (N-methyl/N-ethyl adjacent to an activating group) is 1. The molecule has 0 bridgehead atoms. The zero-order valence-corrected chi connectivity index (χ0v) is 17.4. The van der Waals surface area contributed by atoms with Crippen LogP contribution in [0.3, 0.4) is 0 Å². The van der Waals surface area contributed by atoms with E-state index in [0.29, 0.717) is 17.2 Å². The molecule has 0 aliphatic carbocycles. The van der Waals surface area contributed by atoms with Crippen LogP contribution in [-0.2, 0) is 28.9 Å². The van der Waals surface area contributed by atoms with Crippen LogP contribution < -0.4 is 15.0 Å². The minimum atomic E-state index is -0.381. The highest BCUT2D eigenvalue weighted by Crippen LogP contribution is 2.35. The molecule has 1 aromatic carbocycles. The summed E-state index contributed by atoms with van der Waals surface area (Å²) in [5.41, 5.74) is 2.45. The van der Waals surface area contributed by atoms with E-state index in [1.165, 1.54) is 28.2 Å². The van der Waals surface area contributed by atoms with Crippen molar-refractivity contribution >= 4 is 28.2 Å². The molecule has 2 aromatic rings. The fourth-order valence-electron chi connectivity index (χ4n) is 3.47. The Morgan fingerprint density at radius 1 is 1.21 bits per heavy atom. The molecule has 1 atom stereocenters. The Kier molecular flexibility index (Phi) is 6.70. The molecule has 1 aromatic heterocycles. The van der Waals surface area contributed by atoms with E-state index in [1.807, 2.05) is 31.2 Å². The van der Waals surface area contributed by atoms with E-state index >= 15 is 0 Å². The Labute approximate surface area is 169 Å². The fraction of sp³-hybridized carbons (Fsp3) is 0.429. The van der Waals surface area contributed by atoms with Gasteiger partial charge in [-0.2, -0.15) is 0 Å². The lowest BCUT2D eigenvalue weighted by molar-refractivity contribution is -0.913. The van der Waals surface area contributed by atoms with E-state index < -0.39 is 0 Å². The zero-order valence-electron chi connectivity index (χ0n) is 16.6. The Bertz CT molecular complexity index is 845. The summed E-state index contributed by atoms with van der Waals surface area (Å²) in [6.07, 6.45) is 1.07. The van der Waals surface area contributed by atoms with Crippen molar-refractivity contribution < 1.29 is 24.0 Å². The molecule has 6 nitrogen and oxygen atoms in total. The van der Waals surface area contributed by atoms with Gasteiger partial charge in [-0.3, -0.25) is 4.79 Å². The van der Waals surface area contributed by atoms with Gasteiger partial charge in [0.05, 0.1) is 43.7 Å². The number of esters is 1. The first-order valence-electron chi connectivity index (χ1n) is 9.63. The Balaban J connectivity index is 1.76. The molecule has 150 valence electrons. The number of quaternary nitrogens is 1. The van der Waals surface area contributed by atoms with Crippen LogP contribution in [0.2, 0.25) is 0 Å². The largest absolute Gasteiger partial charge is 0.494 e. The quantitative estimate of drug-likeness (QED) is 0.695. The summed E-state index contributed by atoms with van der Waals surface area (Å²) in [5, 5.41) is 3.54. The van der Waals surface area contributed by atoms with Gasteiger partial charge in [-0.15, -0.1) is 11.3 Å². The molecule has 1 aliphatic heterocycles. The van der Waals surface area contributed by atoms with Crippen LogP contribution in [0.1, 0.15) is 40.2 Å². The van der Waals surface area contributed by atoms with Gasteiger partial charge in [0.15, 0.2) is 0 Å². The first-order valence-corrected chi connectivity index (χ1v) is 10.4. The van der Waals surface area contributed by atoms with Crippen molar-refractivity contribution in [1.82, 2.24) is 0 Å². The lowest BCUT2D eigenvalue weighted by atomic mass is 10.0. The van der Waals surface area contributed by atoms with E-state index in [0.717, 1.165) is 42.9 Å². The highest BCUT2D eigenvalue weighted by Gasteiger charge is 2.30. The average Bonchev–Trinajstić information content (AvgIpc) is 3.05. The topological polar surface area (TPSA) is 69.1 Å². The molecule has 3 rings (SSSR count). The molecule has 1 amide bonds.